The Kier molecular flexibility index (Phi) is 7.37. The van der Waals surface area contributed by atoms with E-state index < -0.39 is 24.4 Å². The standard InChI is InChI=1S/C25H31N3O4SSi/c1-25(2,3)34(4,5)32-22-15-11-19(12-16-22)26-24(29)27-20-13-17-23(18-14-20)33(30,31)28-21-9-7-6-8-10-21/h6-18,28H,1-5H3,(H2,26,27,29). The molecular weight excluding hydrogens is 466 g/mol. The zero-order valence-corrected chi connectivity index (χ0v) is 21.9. The lowest BCUT2D eigenvalue weighted by atomic mass is 10.2. The average Bonchev–Trinajstić information content (AvgIpc) is 2.75. The Balaban J connectivity index is 1.58. The van der Waals surface area contributed by atoms with E-state index in [1.807, 2.05) is 12.1 Å². The van der Waals surface area contributed by atoms with Crippen LogP contribution in [0.5, 0.6) is 5.75 Å². The second-order valence-electron chi connectivity index (χ2n) is 9.46. The van der Waals surface area contributed by atoms with Crippen molar-refractivity contribution in [1.29, 1.82) is 0 Å². The third-order valence-corrected chi connectivity index (χ3v) is 11.5. The van der Waals surface area contributed by atoms with Crippen LogP contribution in [0.4, 0.5) is 21.9 Å². The van der Waals surface area contributed by atoms with Gasteiger partial charge >= 0.3 is 6.03 Å². The Morgan fingerprint density at radius 3 is 1.76 bits per heavy atom. The van der Waals surface area contributed by atoms with E-state index >= 15 is 0 Å². The van der Waals surface area contributed by atoms with Crippen molar-refractivity contribution in [3.8, 4) is 5.75 Å². The summed E-state index contributed by atoms with van der Waals surface area (Å²) in [6.45, 7) is 10.9. The van der Waals surface area contributed by atoms with Gasteiger partial charge in [-0.1, -0.05) is 39.0 Å². The van der Waals surface area contributed by atoms with Gasteiger partial charge in [-0.05, 0) is 78.8 Å². The highest BCUT2D eigenvalue weighted by Crippen LogP contribution is 2.37. The van der Waals surface area contributed by atoms with Crippen molar-refractivity contribution < 1.29 is 17.6 Å². The van der Waals surface area contributed by atoms with Gasteiger partial charge in [-0.15, -0.1) is 0 Å². The second-order valence-corrected chi connectivity index (χ2v) is 15.9. The van der Waals surface area contributed by atoms with Crippen LogP contribution in [0.3, 0.4) is 0 Å². The number of anilines is 3. The maximum atomic E-state index is 12.5. The Morgan fingerprint density at radius 1 is 0.765 bits per heavy atom. The highest BCUT2D eigenvalue weighted by molar-refractivity contribution is 7.92. The molecule has 0 fully saturated rings. The summed E-state index contributed by atoms with van der Waals surface area (Å²) < 4.78 is 33.8. The fourth-order valence-electron chi connectivity index (χ4n) is 2.79. The number of urea groups is 1. The summed E-state index contributed by atoms with van der Waals surface area (Å²) in [7, 11) is -5.65. The fraction of sp³-hybridized carbons (Fsp3) is 0.240. The Labute approximate surface area is 202 Å². The third kappa shape index (κ3) is 6.61. The van der Waals surface area contributed by atoms with Crippen LogP contribution >= 0.6 is 0 Å². The maximum absolute atomic E-state index is 12.5. The Hall–Kier alpha value is -3.30. The molecule has 3 rings (SSSR count). The molecule has 0 aliphatic rings. The molecule has 0 radical (unpaired) electrons. The summed E-state index contributed by atoms with van der Waals surface area (Å²) in [5, 5.41) is 5.56. The summed E-state index contributed by atoms with van der Waals surface area (Å²) >= 11 is 0. The summed E-state index contributed by atoms with van der Waals surface area (Å²) in [5.41, 5.74) is 1.56. The molecule has 3 aromatic rings. The number of carbonyl (C=O) groups is 1. The SMILES string of the molecule is CC(C)(C)[Si](C)(C)Oc1ccc(NC(=O)Nc2ccc(S(=O)(=O)Nc3ccccc3)cc2)cc1. The van der Waals surface area contributed by atoms with Crippen LogP contribution in [0.25, 0.3) is 0 Å². The molecule has 7 nitrogen and oxygen atoms in total. The maximum Gasteiger partial charge on any atom is 0.323 e. The zero-order chi connectivity index (χ0) is 25.0. The van der Waals surface area contributed by atoms with E-state index in [1.54, 1.807) is 42.5 Å². The first kappa shape index (κ1) is 25.3. The number of para-hydroxylation sites is 1. The van der Waals surface area contributed by atoms with Crippen molar-refractivity contribution in [2.75, 3.05) is 15.4 Å². The summed E-state index contributed by atoms with van der Waals surface area (Å²) in [4.78, 5) is 12.5. The smallest absolute Gasteiger partial charge is 0.323 e. The van der Waals surface area contributed by atoms with Gasteiger partial charge in [0.25, 0.3) is 10.0 Å². The van der Waals surface area contributed by atoms with E-state index in [1.165, 1.54) is 24.3 Å². The van der Waals surface area contributed by atoms with E-state index in [0.717, 1.165) is 5.75 Å². The molecule has 9 heteroatoms. The van der Waals surface area contributed by atoms with Crippen molar-refractivity contribution in [3.63, 3.8) is 0 Å². The molecule has 3 aromatic carbocycles. The van der Waals surface area contributed by atoms with Gasteiger partial charge in [0, 0.05) is 17.1 Å². The first-order valence-corrected chi connectivity index (χ1v) is 15.3. The summed E-state index contributed by atoms with van der Waals surface area (Å²) in [5.74, 6) is 0.776. The van der Waals surface area contributed by atoms with Gasteiger partial charge in [0.15, 0.2) is 0 Å². The Morgan fingerprint density at radius 2 is 1.26 bits per heavy atom. The van der Waals surface area contributed by atoms with Crippen LogP contribution in [0.1, 0.15) is 20.8 Å². The van der Waals surface area contributed by atoms with Crippen LogP contribution in [0.2, 0.25) is 18.1 Å². The largest absolute Gasteiger partial charge is 0.544 e. The summed E-state index contributed by atoms with van der Waals surface area (Å²) in [6.07, 6.45) is 0. The number of hydrogen-bond donors (Lipinski definition) is 3. The molecule has 0 saturated heterocycles. The van der Waals surface area contributed by atoms with Crippen molar-refractivity contribution in [2.24, 2.45) is 0 Å². The number of rotatable bonds is 7. The number of sulfonamides is 1. The van der Waals surface area contributed by atoms with Crippen molar-refractivity contribution >= 4 is 41.4 Å². The molecule has 0 heterocycles. The predicted octanol–water partition coefficient (Wildman–Crippen LogP) is 6.52. The quantitative estimate of drug-likeness (QED) is 0.324. The minimum Gasteiger partial charge on any atom is -0.544 e. The van der Waals surface area contributed by atoms with Gasteiger partial charge in [0.2, 0.25) is 8.32 Å². The van der Waals surface area contributed by atoms with E-state index in [0.29, 0.717) is 17.1 Å². The van der Waals surface area contributed by atoms with Crippen molar-refractivity contribution in [3.05, 3.63) is 78.9 Å². The topological polar surface area (TPSA) is 96.5 Å². The monoisotopic (exact) mass is 497 g/mol. The second kappa shape index (κ2) is 9.90. The molecule has 34 heavy (non-hydrogen) atoms. The number of hydrogen-bond acceptors (Lipinski definition) is 4. The molecular formula is C25H31N3O4SSi. The summed E-state index contributed by atoms with van der Waals surface area (Å²) in [6, 6.07) is 21.4. The lowest BCUT2D eigenvalue weighted by Crippen LogP contribution is -2.43. The molecule has 0 saturated carbocycles. The van der Waals surface area contributed by atoms with E-state index in [9.17, 15) is 13.2 Å². The average molecular weight is 498 g/mol. The molecule has 3 N–H and O–H groups in total. The molecule has 0 atom stereocenters. The minimum atomic E-state index is -3.72. The number of carbonyl (C=O) groups excluding carboxylic acids is 1. The van der Waals surface area contributed by atoms with Crippen LogP contribution in [-0.2, 0) is 10.0 Å². The van der Waals surface area contributed by atoms with Gasteiger partial charge in [0.1, 0.15) is 5.75 Å². The molecule has 0 aliphatic heterocycles. The van der Waals surface area contributed by atoms with Gasteiger partial charge in [-0.25, -0.2) is 13.2 Å². The van der Waals surface area contributed by atoms with E-state index in [4.69, 9.17) is 4.43 Å². The lowest BCUT2D eigenvalue weighted by molar-refractivity contribution is 0.262. The van der Waals surface area contributed by atoms with Crippen molar-refractivity contribution in [1.82, 2.24) is 0 Å². The molecule has 0 aliphatic carbocycles. The number of nitrogens with one attached hydrogen (secondary N) is 3. The molecule has 0 spiro atoms. The van der Waals surface area contributed by atoms with Crippen LogP contribution in [0, 0.1) is 0 Å². The van der Waals surface area contributed by atoms with Gasteiger partial charge in [-0.2, -0.15) is 0 Å². The number of benzene rings is 3. The molecule has 180 valence electrons. The molecule has 0 unspecified atom stereocenters. The molecule has 0 bridgehead atoms. The highest BCUT2D eigenvalue weighted by atomic mass is 32.2. The first-order chi connectivity index (χ1) is 15.9. The fourth-order valence-corrected chi connectivity index (χ4v) is 4.88. The van der Waals surface area contributed by atoms with Gasteiger partial charge in [-0.3, -0.25) is 4.72 Å². The minimum absolute atomic E-state index is 0.0935. The predicted molar refractivity (Wildman–Crippen MR) is 141 cm³/mol. The van der Waals surface area contributed by atoms with Gasteiger partial charge in [0.05, 0.1) is 4.90 Å². The first-order valence-electron chi connectivity index (χ1n) is 10.9. The lowest BCUT2D eigenvalue weighted by Gasteiger charge is -2.36. The normalized spacial score (nSPS) is 12.0. The van der Waals surface area contributed by atoms with Crippen LogP contribution < -0.4 is 19.8 Å². The number of amides is 2. The van der Waals surface area contributed by atoms with Crippen molar-refractivity contribution in [2.45, 2.75) is 43.8 Å². The molecule has 2 amide bonds. The Bertz CT molecular complexity index is 1220. The molecule has 0 aromatic heterocycles. The van der Waals surface area contributed by atoms with E-state index in [2.05, 4.69) is 49.2 Å². The zero-order valence-electron chi connectivity index (χ0n) is 20.0. The third-order valence-electron chi connectivity index (χ3n) is 5.74. The van der Waals surface area contributed by atoms with Crippen LogP contribution in [-0.4, -0.2) is 22.8 Å². The van der Waals surface area contributed by atoms with Crippen LogP contribution in [0.15, 0.2) is 83.8 Å². The highest BCUT2D eigenvalue weighted by Gasteiger charge is 2.38. The van der Waals surface area contributed by atoms with E-state index in [-0.39, 0.29) is 9.93 Å². The van der Waals surface area contributed by atoms with Gasteiger partial charge < -0.3 is 15.1 Å².